The number of hydrogen-bond acceptors (Lipinski definition) is 2. The van der Waals surface area contributed by atoms with Crippen molar-refractivity contribution in [2.24, 2.45) is 5.73 Å². The average molecular weight is 182 g/mol. The molecule has 0 bridgehead atoms. The van der Waals surface area contributed by atoms with E-state index in [0.717, 1.165) is 6.21 Å². The second-order valence-corrected chi connectivity index (χ2v) is 1.46. The summed E-state index contributed by atoms with van der Waals surface area (Å²) in [7, 11) is 0. The van der Waals surface area contributed by atoms with Gasteiger partial charge in [-0.05, 0) is 6.08 Å². The van der Waals surface area contributed by atoms with Crippen LogP contribution in [0.2, 0.25) is 0 Å². The van der Waals surface area contributed by atoms with E-state index in [0.29, 0.717) is 11.3 Å². The van der Waals surface area contributed by atoms with Crippen LogP contribution in [-0.2, 0) is 0 Å². The number of nitrogens with one attached hydrogen (secondary N) is 1. The first-order chi connectivity index (χ1) is 6.26. The lowest BCUT2D eigenvalue weighted by atomic mass is 10.2. The van der Waals surface area contributed by atoms with Gasteiger partial charge >= 0.3 is 0 Å². The second kappa shape index (κ2) is 17.0. The predicted molar refractivity (Wildman–Crippen MR) is 63.1 cm³/mol. The summed E-state index contributed by atoms with van der Waals surface area (Å²) in [5.74, 6) is 0. The van der Waals surface area contributed by atoms with E-state index in [1.54, 1.807) is 0 Å². The molecule has 2 heteroatoms. The largest absolute Gasteiger partial charge is 0.398 e. The molecule has 0 saturated carbocycles. The third-order valence-corrected chi connectivity index (χ3v) is 0.929. The minimum atomic E-state index is 0.486. The molecule has 0 radical (unpaired) electrons. The standard InChI is InChI=1S/C7H10N2.2C2H6/c1-3-6(5-8)7(9)4-2;2*1-2/h3-5,8H,1-2,9H2;2*1-2H3/b7-6-,8-5?;;. The van der Waals surface area contributed by atoms with Gasteiger partial charge in [-0.2, -0.15) is 0 Å². The molecule has 0 heterocycles. The van der Waals surface area contributed by atoms with E-state index in [1.807, 2.05) is 27.7 Å². The summed E-state index contributed by atoms with van der Waals surface area (Å²) in [6.45, 7) is 14.9. The van der Waals surface area contributed by atoms with Gasteiger partial charge < -0.3 is 11.1 Å². The lowest BCUT2D eigenvalue weighted by molar-refractivity contribution is 1.39. The molecule has 0 spiro atoms. The Morgan fingerprint density at radius 2 is 1.46 bits per heavy atom. The van der Waals surface area contributed by atoms with Crippen LogP contribution in [0.5, 0.6) is 0 Å². The summed E-state index contributed by atoms with van der Waals surface area (Å²) in [5.41, 5.74) is 6.47. The molecule has 13 heavy (non-hydrogen) atoms. The Bertz CT molecular complexity index is 157. The Hall–Kier alpha value is -1.31. The highest BCUT2D eigenvalue weighted by Crippen LogP contribution is 1.95. The van der Waals surface area contributed by atoms with Gasteiger partial charge in [-0.1, -0.05) is 46.9 Å². The molecular weight excluding hydrogens is 160 g/mol. The Morgan fingerprint density at radius 1 is 1.08 bits per heavy atom. The predicted octanol–water partition coefficient (Wildman–Crippen LogP) is 3.27. The summed E-state index contributed by atoms with van der Waals surface area (Å²) in [5, 5.41) is 6.81. The topological polar surface area (TPSA) is 49.9 Å². The van der Waals surface area contributed by atoms with Crippen LogP contribution in [0.3, 0.4) is 0 Å². The molecule has 0 amide bonds. The van der Waals surface area contributed by atoms with Crippen molar-refractivity contribution in [3.63, 3.8) is 0 Å². The molecule has 0 aromatic heterocycles. The molecule has 0 fully saturated rings. The van der Waals surface area contributed by atoms with Crippen molar-refractivity contribution < 1.29 is 0 Å². The van der Waals surface area contributed by atoms with Gasteiger partial charge in [-0.15, -0.1) is 0 Å². The number of rotatable bonds is 3. The monoisotopic (exact) mass is 182 g/mol. The minimum Gasteiger partial charge on any atom is -0.398 e. The zero-order valence-corrected chi connectivity index (χ0v) is 9.22. The average Bonchev–Trinajstić information content (AvgIpc) is 2.25. The molecule has 0 aliphatic rings. The smallest absolute Gasteiger partial charge is 0.0396 e. The van der Waals surface area contributed by atoms with Gasteiger partial charge in [0.15, 0.2) is 0 Å². The fourth-order valence-electron chi connectivity index (χ4n) is 0.378. The SMILES string of the molecule is C=C/C(N)=C(\C=C)C=N.CC.CC. The maximum absolute atomic E-state index is 6.81. The molecular formula is C11H22N2. The van der Waals surface area contributed by atoms with Crippen LogP contribution in [0.25, 0.3) is 0 Å². The quantitative estimate of drug-likeness (QED) is 0.510. The number of hydrogen-bond donors (Lipinski definition) is 2. The molecule has 0 aliphatic heterocycles. The first-order valence-electron chi connectivity index (χ1n) is 4.51. The maximum Gasteiger partial charge on any atom is 0.0396 e. The van der Waals surface area contributed by atoms with Crippen molar-refractivity contribution in [1.82, 2.24) is 0 Å². The fraction of sp³-hybridized carbons (Fsp3) is 0.364. The van der Waals surface area contributed by atoms with Crippen molar-refractivity contribution in [2.75, 3.05) is 0 Å². The lowest BCUT2D eigenvalue weighted by Crippen LogP contribution is -1.97. The highest BCUT2D eigenvalue weighted by atomic mass is 14.6. The van der Waals surface area contributed by atoms with E-state index in [4.69, 9.17) is 11.1 Å². The molecule has 0 unspecified atom stereocenters. The van der Waals surface area contributed by atoms with E-state index in [1.165, 1.54) is 12.2 Å². The molecule has 0 atom stereocenters. The fourth-order valence-corrected chi connectivity index (χ4v) is 0.378. The van der Waals surface area contributed by atoms with Crippen LogP contribution < -0.4 is 5.73 Å². The molecule has 76 valence electrons. The van der Waals surface area contributed by atoms with Crippen LogP contribution in [0.15, 0.2) is 36.6 Å². The molecule has 0 aromatic carbocycles. The summed E-state index contributed by atoms with van der Waals surface area (Å²) in [6.07, 6.45) is 4.15. The van der Waals surface area contributed by atoms with Crippen molar-refractivity contribution in [1.29, 1.82) is 5.41 Å². The van der Waals surface area contributed by atoms with Crippen LogP contribution in [-0.4, -0.2) is 6.21 Å². The molecule has 2 nitrogen and oxygen atoms in total. The molecule has 0 aromatic rings. The van der Waals surface area contributed by atoms with E-state index < -0.39 is 0 Å². The van der Waals surface area contributed by atoms with Crippen molar-refractivity contribution in [3.8, 4) is 0 Å². The third-order valence-electron chi connectivity index (χ3n) is 0.929. The van der Waals surface area contributed by atoms with Gasteiger partial charge in [0.25, 0.3) is 0 Å². The summed E-state index contributed by atoms with van der Waals surface area (Å²) in [6, 6.07) is 0. The molecule has 3 N–H and O–H groups in total. The summed E-state index contributed by atoms with van der Waals surface area (Å²) < 4.78 is 0. The van der Waals surface area contributed by atoms with Gasteiger partial charge in [0.1, 0.15) is 0 Å². The zero-order valence-electron chi connectivity index (χ0n) is 9.22. The van der Waals surface area contributed by atoms with Gasteiger partial charge in [0.2, 0.25) is 0 Å². The number of allylic oxidation sites excluding steroid dienone is 3. The van der Waals surface area contributed by atoms with Crippen molar-refractivity contribution in [2.45, 2.75) is 27.7 Å². The Labute approximate surface area is 82.4 Å². The van der Waals surface area contributed by atoms with E-state index >= 15 is 0 Å². The summed E-state index contributed by atoms with van der Waals surface area (Å²) in [4.78, 5) is 0. The normalized spacial score (nSPS) is 8.92. The first-order valence-corrected chi connectivity index (χ1v) is 4.51. The summed E-state index contributed by atoms with van der Waals surface area (Å²) >= 11 is 0. The first kappa shape index (κ1) is 17.7. The highest BCUT2D eigenvalue weighted by molar-refractivity contribution is 5.81. The highest BCUT2D eigenvalue weighted by Gasteiger charge is 1.87. The van der Waals surface area contributed by atoms with Crippen LogP contribution in [0.4, 0.5) is 0 Å². The van der Waals surface area contributed by atoms with Crippen molar-refractivity contribution in [3.05, 3.63) is 36.6 Å². The van der Waals surface area contributed by atoms with Crippen LogP contribution in [0, 0.1) is 5.41 Å². The molecule has 0 rings (SSSR count). The molecule has 0 aliphatic carbocycles. The second-order valence-electron chi connectivity index (χ2n) is 1.46. The Kier molecular flexibility index (Phi) is 23.1. The van der Waals surface area contributed by atoms with Crippen LogP contribution >= 0.6 is 0 Å². The molecule has 0 saturated heterocycles. The third kappa shape index (κ3) is 10.7. The zero-order chi connectivity index (χ0) is 11.3. The number of nitrogens with two attached hydrogens (primary N) is 1. The van der Waals surface area contributed by atoms with Crippen molar-refractivity contribution >= 4 is 6.21 Å². The van der Waals surface area contributed by atoms with E-state index in [2.05, 4.69) is 13.2 Å². The van der Waals surface area contributed by atoms with E-state index in [-0.39, 0.29) is 0 Å². The lowest BCUT2D eigenvalue weighted by Gasteiger charge is -1.93. The van der Waals surface area contributed by atoms with Gasteiger partial charge in [0, 0.05) is 17.5 Å². The minimum absolute atomic E-state index is 0.486. The van der Waals surface area contributed by atoms with E-state index in [9.17, 15) is 0 Å². The Morgan fingerprint density at radius 3 is 1.54 bits per heavy atom. The Balaban J connectivity index is -0.000000218. The van der Waals surface area contributed by atoms with Gasteiger partial charge in [-0.25, -0.2) is 0 Å². The van der Waals surface area contributed by atoms with Gasteiger partial charge in [0.05, 0.1) is 0 Å². The van der Waals surface area contributed by atoms with Gasteiger partial charge in [-0.3, -0.25) is 0 Å². The maximum atomic E-state index is 6.81. The van der Waals surface area contributed by atoms with Crippen LogP contribution in [0.1, 0.15) is 27.7 Å².